The molecule has 0 saturated carbocycles. The van der Waals surface area contributed by atoms with Gasteiger partial charge in [-0.1, -0.05) is 11.6 Å². The smallest absolute Gasteiger partial charge is 0.368 e. The number of hydrogen-bond donors (Lipinski definition) is 1. The molecule has 0 aliphatic carbocycles. The van der Waals surface area contributed by atoms with E-state index < -0.39 is 11.7 Å². The van der Waals surface area contributed by atoms with Crippen LogP contribution in [-0.2, 0) is 6.18 Å². The molecule has 3 nitrogen and oxygen atoms in total. The van der Waals surface area contributed by atoms with Crippen molar-refractivity contribution in [3.8, 4) is 0 Å². The normalized spacial score (nSPS) is 12.9. The Labute approximate surface area is 115 Å². The molecule has 0 fully saturated rings. The van der Waals surface area contributed by atoms with E-state index in [1.54, 1.807) is 0 Å². The third-order valence-electron chi connectivity index (χ3n) is 3.03. The minimum Gasteiger partial charge on any atom is -0.368 e. The Balaban J connectivity index is 2.88. The minimum absolute atomic E-state index is 0.120. The van der Waals surface area contributed by atoms with Crippen LogP contribution in [0.2, 0.25) is 5.15 Å². The van der Waals surface area contributed by atoms with Gasteiger partial charge in [-0.25, -0.2) is 4.98 Å². The molecule has 1 N–H and O–H groups in total. The van der Waals surface area contributed by atoms with Crippen molar-refractivity contribution in [1.29, 1.82) is 0 Å². The third kappa shape index (κ3) is 4.54. The van der Waals surface area contributed by atoms with E-state index in [0.717, 1.165) is 12.1 Å². The van der Waals surface area contributed by atoms with Crippen molar-refractivity contribution in [2.75, 3.05) is 26.0 Å². The summed E-state index contributed by atoms with van der Waals surface area (Å²) in [7, 11) is 3.79. The first-order valence-electron chi connectivity index (χ1n) is 5.68. The lowest BCUT2D eigenvalue weighted by Crippen LogP contribution is -2.44. The molecule has 0 unspecified atom stereocenters. The summed E-state index contributed by atoms with van der Waals surface area (Å²) < 4.78 is 37.9. The highest BCUT2D eigenvalue weighted by molar-refractivity contribution is 6.29. The maximum Gasteiger partial charge on any atom is 0.416 e. The summed E-state index contributed by atoms with van der Waals surface area (Å²) in [6.07, 6.45) is -4.43. The van der Waals surface area contributed by atoms with E-state index in [2.05, 4.69) is 10.3 Å². The van der Waals surface area contributed by atoms with E-state index in [1.165, 1.54) is 0 Å². The fourth-order valence-electron chi connectivity index (χ4n) is 1.22. The molecule has 1 rings (SSSR count). The lowest BCUT2D eigenvalue weighted by Gasteiger charge is -2.32. The quantitative estimate of drug-likeness (QED) is 0.862. The molecule has 7 heteroatoms. The number of anilines is 1. The van der Waals surface area contributed by atoms with Gasteiger partial charge in [-0.3, -0.25) is 0 Å². The van der Waals surface area contributed by atoms with Crippen LogP contribution < -0.4 is 5.32 Å². The summed E-state index contributed by atoms with van der Waals surface area (Å²) in [6, 6.07) is 1.77. The zero-order chi connectivity index (χ0) is 14.8. The molecular formula is C12H17ClF3N3. The van der Waals surface area contributed by atoms with Crippen LogP contribution in [0.25, 0.3) is 0 Å². The molecule has 0 aliphatic heterocycles. The Kier molecular flexibility index (Phi) is 4.68. The summed E-state index contributed by atoms with van der Waals surface area (Å²) in [6.45, 7) is 4.38. The Bertz CT molecular complexity index is 444. The number of nitrogens with one attached hydrogen (secondary N) is 1. The van der Waals surface area contributed by atoms with E-state index in [-0.39, 0.29) is 16.5 Å². The van der Waals surface area contributed by atoms with Crippen LogP contribution in [0.15, 0.2) is 12.1 Å². The average Bonchev–Trinajstić information content (AvgIpc) is 2.24. The fraction of sp³-hybridized carbons (Fsp3) is 0.583. The number of halogens is 4. The molecule has 19 heavy (non-hydrogen) atoms. The topological polar surface area (TPSA) is 28.2 Å². The van der Waals surface area contributed by atoms with E-state index in [0.29, 0.717) is 6.54 Å². The number of likely N-dealkylation sites (N-methyl/N-ethyl adjacent to an activating group) is 1. The van der Waals surface area contributed by atoms with Gasteiger partial charge in [0.25, 0.3) is 0 Å². The molecule has 1 heterocycles. The summed E-state index contributed by atoms with van der Waals surface area (Å²) in [4.78, 5) is 5.81. The SMILES string of the molecule is CN(C)C(C)(C)CNc1cc(C(F)(F)F)cc(Cl)n1. The van der Waals surface area contributed by atoms with Gasteiger partial charge in [-0.05, 0) is 40.1 Å². The zero-order valence-corrected chi connectivity index (χ0v) is 12.0. The first kappa shape index (κ1) is 16.0. The fourth-order valence-corrected chi connectivity index (χ4v) is 1.42. The van der Waals surface area contributed by atoms with Crippen molar-refractivity contribution < 1.29 is 13.2 Å². The molecule has 0 amide bonds. The molecule has 1 aromatic rings. The Morgan fingerprint density at radius 1 is 1.26 bits per heavy atom. The first-order valence-corrected chi connectivity index (χ1v) is 6.06. The number of aromatic nitrogens is 1. The van der Waals surface area contributed by atoms with Crippen LogP contribution in [0.3, 0.4) is 0 Å². The second kappa shape index (κ2) is 5.54. The van der Waals surface area contributed by atoms with Gasteiger partial charge >= 0.3 is 6.18 Å². The molecule has 0 aromatic carbocycles. The van der Waals surface area contributed by atoms with E-state index in [1.807, 2.05) is 32.8 Å². The van der Waals surface area contributed by atoms with Crippen LogP contribution >= 0.6 is 11.6 Å². The molecule has 1 aromatic heterocycles. The van der Waals surface area contributed by atoms with Gasteiger partial charge in [-0.15, -0.1) is 0 Å². The monoisotopic (exact) mass is 295 g/mol. The minimum atomic E-state index is -4.43. The van der Waals surface area contributed by atoms with Crippen molar-refractivity contribution in [2.45, 2.75) is 25.6 Å². The molecule has 0 bridgehead atoms. The number of nitrogens with zero attached hydrogens (tertiary/aromatic N) is 2. The lowest BCUT2D eigenvalue weighted by molar-refractivity contribution is -0.137. The number of rotatable bonds is 4. The second-order valence-electron chi connectivity index (χ2n) is 5.12. The Morgan fingerprint density at radius 2 is 1.84 bits per heavy atom. The van der Waals surface area contributed by atoms with Crippen molar-refractivity contribution in [3.05, 3.63) is 22.8 Å². The van der Waals surface area contributed by atoms with Gasteiger partial charge in [-0.2, -0.15) is 13.2 Å². The number of hydrogen-bond acceptors (Lipinski definition) is 3. The van der Waals surface area contributed by atoms with Crippen LogP contribution in [0, 0.1) is 0 Å². The maximum atomic E-state index is 12.6. The predicted octanol–water partition coefficient (Wildman–Crippen LogP) is 3.51. The molecule has 0 atom stereocenters. The second-order valence-corrected chi connectivity index (χ2v) is 5.51. The molecule has 0 radical (unpaired) electrons. The van der Waals surface area contributed by atoms with Crippen molar-refractivity contribution in [2.24, 2.45) is 0 Å². The van der Waals surface area contributed by atoms with Crippen LogP contribution in [0.4, 0.5) is 19.0 Å². The average molecular weight is 296 g/mol. The van der Waals surface area contributed by atoms with E-state index in [9.17, 15) is 13.2 Å². The van der Waals surface area contributed by atoms with Crippen LogP contribution in [-0.4, -0.2) is 36.1 Å². The van der Waals surface area contributed by atoms with Crippen molar-refractivity contribution in [3.63, 3.8) is 0 Å². The van der Waals surface area contributed by atoms with Gasteiger partial charge in [0, 0.05) is 12.1 Å². The van der Waals surface area contributed by atoms with Gasteiger partial charge in [0.1, 0.15) is 11.0 Å². The lowest BCUT2D eigenvalue weighted by atomic mass is 10.0. The molecule has 0 saturated heterocycles. The Morgan fingerprint density at radius 3 is 2.32 bits per heavy atom. The summed E-state index contributed by atoms with van der Waals surface area (Å²) in [5, 5.41) is 2.70. The standard InChI is InChI=1S/C12H17ClF3N3/c1-11(2,19(3)4)7-17-10-6-8(12(14,15)16)5-9(13)18-10/h5-6H,7H2,1-4H3,(H,17,18). The molecule has 0 aliphatic rings. The third-order valence-corrected chi connectivity index (χ3v) is 3.23. The molecular weight excluding hydrogens is 279 g/mol. The predicted molar refractivity (Wildman–Crippen MR) is 70.5 cm³/mol. The first-order chi connectivity index (χ1) is 8.52. The molecule has 0 spiro atoms. The van der Waals surface area contributed by atoms with E-state index in [4.69, 9.17) is 11.6 Å². The van der Waals surface area contributed by atoms with E-state index >= 15 is 0 Å². The van der Waals surface area contributed by atoms with Crippen LogP contribution in [0.5, 0.6) is 0 Å². The van der Waals surface area contributed by atoms with Gasteiger partial charge in [0.2, 0.25) is 0 Å². The van der Waals surface area contributed by atoms with Gasteiger partial charge in [0.15, 0.2) is 0 Å². The van der Waals surface area contributed by atoms with Crippen molar-refractivity contribution >= 4 is 17.4 Å². The highest BCUT2D eigenvalue weighted by Crippen LogP contribution is 2.32. The highest BCUT2D eigenvalue weighted by Gasteiger charge is 2.31. The van der Waals surface area contributed by atoms with Crippen molar-refractivity contribution in [1.82, 2.24) is 9.88 Å². The van der Waals surface area contributed by atoms with Gasteiger partial charge < -0.3 is 10.2 Å². The summed E-state index contributed by atoms with van der Waals surface area (Å²) >= 11 is 5.61. The van der Waals surface area contributed by atoms with Crippen LogP contribution in [0.1, 0.15) is 19.4 Å². The number of pyridine rings is 1. The molecule has 108 valence electrons. The zero-order valence-electron chi connectivity index (χ0n) is 11.3. The highest BCUT2D eigenvalue weighted by atomic mass is 35.5. The maximum absolute atomic E-state index is 12.6. The Hall–Kier alpha value is -1.01. The van der Waals surface area contributed by atoms with Gasteiger partial charge in [0.05, 0.1) is 5.56 Å². The summed E-state index contributed by atoms with van der Waals surface area (Å²) in [5.41, 5.74) is -1.03. The summed E-state index contributed by atoms with van der Waals surface area (Å²) in [5.74, 6) is 0.120. The largest absolute Gasteiger partial charge is 0.416 e. The number of alkyl halides is 3.